The quantitative estimate of drug-likeness (QED) is 0.895. The topological polar surface area (TPSA) is 26.7 Å². The largest absolute Gasteiger partial charge is 0.388 e. The third-order valence-corrected chi connectivity index (χ3v) is 4.60. The van der Waals surface area contributed by atoms with Gasteiger partial charge in [-0.25, -0.2) is 0 Å². The first kappa shape index (κ1) is 15.5. The first-order valence-corrected chi connectivity index (χ1v) is 7.78. The maximum atomic E-state index is 10.4. The van der Waals surface area contributed by atoms with E-state index in [0.29, 0.717) is 6.04 Å². The molecule has 1 aliphatic heterocycles. The van der Waals surface area contributed by atoms with Gasteiger partial charge in [-0.1, -0.05) is 31.2 Å². The Morgan fingerprint density at radius 2 is 2.05 bits per heavy atom. The number of benzene rings is 1. The van der Waals surface area contributed by atoms with Crippen molar-refractivity contribution in [2.24, 2.45) is 0 Å². The number of aliphatic hydroxyl groups excluding tert-OH is 1. The van der Waals surface area contributed by atoms with E-state index in [2.05, 4.69) is 36.8 Å². The molecular weight excluding hydrogens is 248 g/mol. The van der Waals surface area contributed by atoms with Crippen molar-refractivity contribution in [3.05, 3.63) is 35.4 Å². The lowest BCUT2D eigenvalue weighted by Crippen LogP contribution is -2.51. The molecule has 1 aromatic rings. The molecule has 20 heavy (non-hydrogen) atoms. The second kappa shape index (κ2) is 7.21. The number of hydrogen-bond donors (Lipinski definition) is 1. The molecule has 1 saturated heterocycles. The van der Waals surface area contributed by atoms with Crippen molar-refractivity contribution in [1.82, 2.24) is 9.80 Å². The summed E-state index contributed by atoms with van der Waals surface area (Å²) >= 11 is 0. The molecule has 0 spiro atoms. The van der Waals surface area contributed by atoms with E-state index in [1.54, 1.807) is 0 Å². The summed E-state index contributed by atoms with van der Waals surface area (Å²) < 4.78 is 0. The minimum Gasteiger partial charge on any atom is -0.388 e. The van der Waals surface area contributed by atoms with Gasteiger partial charge in [0.05, 0.1) is 6.10 Å². The van der Waals surface area contributed by atoms with E-state index in [1.807, 2.05) is 18.2 Å². The molecule has 1 N–H and O–H groups in total. The SMILES string of the molecule is CCC1CN(CCC(O)c2ccccc2C)CCN1C. The standard InChI is InChI=1S/C17H28N2O/c1-4-15-13-19(12-11-18(15)3)10-9-17(20)16-8-6-5-7-14(16)2/h5-8,15,17,20H,4,9-13H2,1-3H3. The average Bonchev–Trinajstić information content (AvgIpc) is 2.46. The Hall–Kier alpha value is -0.900. The van der Waals surface area contributed by atoms with E-state index >= 15 is 0 Å². The summed E-state index contributed by atoms with van der Waals surface area (Å²) in [5.41, 5.74) is 2.26. The van der Waals surface area contributed by atoms with Crippen LogP contribution >= 0.6 is 0 Å². The molecule has 1 heterocycles. The molecule has 0 amide bonds. The van der Waals surface area contributed by atoms with Gasteiger partial charge < -0.3 is 14.9 Å². The normalized spacial score (nSPS) is 22.9. The fourth-order valence-electron chi connectivity index (χ4n) is 3.08. The van der Waals surface area contributed by atoms with Crippen LogP contribution in [0.15, 0.2) is 24.3 Å². The minimum absolute atomic E-state index is 0.337. The van der Waals surface area contributed by atoms with Crippen LogP contribution < -0.4 is 0 Å². The highest BCUT2D eigenvalue weighted by Crippen LogP contribution is 2.21. The van der Waals surface area contributed by atoms with Gasteiger partial charge in [-0.05, 0) is 37.9 Å². The van der Waals surface area contributed by atoms with Crippen LogP contribution in [-0.2, 0) is 0 Å². The lowest BCUT2D eigenvalue weighted by atomic mass is 10.0. The van der Waals surface area contributed by atoms with Crippen LogP contribution in [0.1, 0.15) is 37.0 Å². The first-order chi connectivity index (χ1) is 9.61. The second-order valence-corrected chi connectivity index (χ2v) is 6.00. The monoisotopic (exact) mass is 276 g/mol. The minimum atomic E-state index is -0.337. The molecule has 2 unspecified atom stereocenters. The molecule has 1 fully saturated rings. The lowest BCUT2D eigenvalue weighted by molar-refractivity contribution is 0.0753. The average molecular weight is 276 g/mol. The van der Waals surface area contributed by atoms with Crippen LogP contribution in [0.25, 0.3) is 0 Å². The van der Waals surface area contributed by atoms with Crippen molar-refractivity contribution in [1.29, 1.82) is 0 Å². The molecule has 0 aromatic heterocycles. The van der Waals surface area contributed by atoms with E-state index in [1.165, 1.54) is 12.0 Å². The van der Waals surface area contributed by atoms with Gasteiger partial charge in [-0.15, -0.1) is 0 Å². The number of likely N-dealkylation sites (N-methyl/N-ethyl adjacent to an activating group) is 1. The summed E-state index contributed by atoms with van der Waals surface area (Å²) in [4.78, 5) is 4.95. The van der Waals surface area contributed by atoms with Gasteiger partial charge in [0, 0.05) is 32.2 Å². The number of rotatable bonds is 5. The number of hydrogen-bond acceptors (Lipinski definition) is 3. The van der Waals surface area contributed by atoms with Crippen molar-refractivity contribution in [2.75, 3.05) is 33.2 Å². The molecule has 0 aliphatic carbocycles. The second-order valence-electron chi connectivity index (χ2n) is 6.00. The number of piperazine rings is 1. The third-order valence-electron chi connectivity index (χ3n) is 4.60. The molecule has 0 bridgehead atoms. The maximum absolute atomic E-state index is 10.4. The smallest absolute Gasteiger partial charge is 0.0804 e. The van der Waals surface area contributed by atoms with Crippen LogP contribution in [0.2, 0.25) is 0 Å². The fourth-order valence-corrected chi connectivity index (χ4v) is 3.08. The maximum Gasteiger partial charge on any atom is 0.0804 e. The Kier molecular flexibility index (Phi) is 5.58. The summed E-state index contributed by atoms with van der Waals surface area (Å²) in [6, 6.07) is 8.81. The van der Waals surface area contributed by atoms with Gasteiger partial charge >= 0.3 is 0 Å². The molecule has 1 aromatic carbocycles. The highest BCUT2D eigenvalue weighted by Gasteiger charge is 2.23. The third kappa shape index (κ3) is 3.81. The van der Waals surface area contributed by atoms with E-state index in [-0.39, 0.29) is 6.10 Å². The highest BCUT2D eigenvalue weighted by molar-refractivity contribution is 5.27. The lowest BCUT2D eigenvalue weighted by Gasteiger charge is -2.39. The highest BCUT2D eigenvalue weighted by atomic mass is 16.3. The molecule has 3 heteroatoms. The zero-order valence-electron chi connectivity index (χ0n) is 13.0. The fraction of sp³-hybridized carbons (Fsp3) is 0.647. The summed E-state index contributed by atoms with van der Waals surface area (Å²) in [7, 11) is 2.22. The Bertz CT molecular complexity index is 421. The zero-order valence-corrected chi connectivity index (χ0v) is 13.0. The Labute approximate surface area is 123 Å². The van der Waals surface area contributed by atoms with Crippen molar-refractivity contribution in [2.45, 2.75) is 38.8 Å². The van der Waals surface area contributed by atoms with E-state index in [0.717, 1.165) is 38.2 Å². The Balaban J connectivity index is 1.85. The van der Waals surface area contributed by atoms with Gasteiger partial charge in [0.1, 0.15) is 0 Å². The van der Waals surface area contributed by atoms with Crippen LogP contribution in [0, 0.1) is 6.92 Å². The molecule has 2 atom stereocenters. The number of aryl methyl sites for hydroxylation is 1. The number of aliphatic hydroxyl groups is 1. The van der Waals surface area contributed by atoms with Gasteiger partial charge in [-0.3, -0.25) is 0 Å². The molecule has 0 radical (unpaired) electrons. The summed E-state index contributed by atoms with van der Waals surface area (Å²) in [6.45, 7) is 8.70. The van der Waals surface area contributed by atoms with Gasteiger partial charge in [0.2, 0.25) is 0 Å². The molecule has 3 nitrogen and oxygen atoms in total. The summed E-state index contributed by atoms with van der Waals surface area (Å²) in [6.07, 6.45) is 1.69. The van der Waals surface area contributed by atoms with Gasteiger partial charge in [0.15, 0.2) is 0 Å². The molecule has 112 valence electrons. The first-order valence-electron chi connectivity index (χ1n) is 7.78. The predicted molar refractivity (Wildman–Crippen MR) is 83.9 cm³/mol. The van der Waals surface area contributed by atoms with Gasteiger partial charge in [0.25, 0.3) is 0 Å². The van der Waals surface area contributed by atoms with E-state index in [9.17, 15) is 5.11 Å². The molecular formula is C17H28N2O. The molecule has 0 saturated carbocycles. The van der Waals surface area contributed by atoms with Gasteiger partial charge in [-0.2, -0.15) is 0 Å². The summed E-state index contributed by atoms with van der Waals surface area (Å²) in [5.74, 6) is 0. The van der Waals surface area contributed by atoms with E-state index < -0.39 is 0 Å². The zero-order chi connectivity index (χ0) is 14.5. The molecule has 2 rings (SSSR count). The Morgan fingerprint density at radius 1 is 1.30 bits per heavy atom. The number of nitrogens with zero attached hydrogens (tertiary/aromatic N) is 2. The summed E-state index contributed by atoms with van der Waals surface area (Å²) in [5, 5.41) is 10.4. The molecule has 1 aliphatic rings. The van der Waals surface area contributed by atoms with Crippen molar-refractivity contribution in [3.8, 4) is 0 Å². The van der Waals surface area contributed by atoms with Crippen molar-refractivity contribution >= 4 is 0 Å². The van der Waals surface area contributed by atoms with Crippen LogP contribution in [0.4, 0.5) is 0 Å². The van der Waals surface area contributed by atoms with Crippen LogP contribution in [0.3, 0.4) is 0 Å². The Morgan fingerprint density at radius 3 is 2.75 bits per heavy atom. The van der Waals surface area contributed by atoms with Crippen LogP contribution in [0.5, 0.6) is 0 Å². The van der Waals surface area contributed by atoms with Crippen molar-refractivity contribution in [3.63, 3.8) is 0 Å². The van der Waals surface area contributed by atoms with E-state index in [4.69, 9.17) is 0 Å². The van der Waals surface area contributed by atoms with Crippen LogP contribution in [-0.4, -0.2) is 54.2 Å². The predicted octanol–water partition coefficient (Wildman–Crippen LogP) is 2.44. The van der Waals surface area contributed by atoms with Crippen molar-refractivity contribution < 1.29 is 5.11 Å².